The van der Waals surface area contributed by atoms with Crippen LogP contribution in [0.15, 0.2) is 65.8 Å². The molecular formula is C24H22Cl2N2O4. The van der Waals surface area contributed by atoms with Crippen molar-refractivity contribution in [2.24, 2.45) is 5.10 Å². The minimum Gasteiger partial charge on any atom is -0.493 e. The Hall–Kier alpha value is -3.22. The third kappa shape index (κ3) is 6.90. The number of hydrogen-bond acceptors (Lipinski definition) is 5. The van der Waals surface area contributed by atoms with Crippen molar-refractivity contribution >= 4 is 35.3 Å². The number of benzene rings is 3. The summed E-state index contributed by atoms with van der Waals surface area (Å²) in [5.74, 6) is 1.05. The number of nitrogens with one attached hydrogen (secondary N) is 1. The summed E-state index contributed by atoms with van der Waals surface area (Å²) in [6, 6.07) is 18.3. The number of carbonyl (C=O) groups excluding carboxylic acids is 1. The molecule has 8 heteroatoms. The van der Waals surface area contributed by atoms with Gasteiger partial charge in [0.2, 0.25) is 0 Å². The number of hydrazone groups is 1. The van der Waals surface area contributed by atoms with Gasteiger partial charge < -0.3 is 14.2 Å². The fourth-order valence-corrected chi connectivity index (χ4v) is 3.01. The molecule has 0 saturated carbocycles. The molecule has 0 spiro atoms. The largest absolute Gasteiger partial charge is 0.493 e. The molecule has 0 radical (unpaired) electrons. The van der Waals surface area contributed by atoms with E-state index in [0.717, 1.165) is 11.1 Å². The second-order valence-electron chi connectivity index (χ2n) is 6.84. The Balaban J connectivity index is 1.53. The van der Waals surface area contributed by atoms with Crippen LogP contribution in [0, 0.1) is 6.92 Å². The number of methoxy groups -OCH3 is 1. The quantitative estimate of drug-likeness (QED) is 0.333. The molecule has 3 rings (SSSR count). The molecule has 0 aliphatic heterocycles. The van der Waals surface area contributed by atoms with E-state index in [1.54, 1.807) is 31.4 Å². The standard InChI is InChI=1S/C24H22Cl2N2O4/c1-16-3-5-17(6-4-16)14-31-21-10-7-18(11-23(21)30-2)13-27-28-24(29)15-32-22-12-19(25)8-9-20(22)26/h3-13H,14-15H2,1-2H3,(H,28,29)/b27-13+. The van der Waals surface area contributed by atoms with Gasteiger partial charge in [-0.25, -0.2) is 5.43 Å². The molecule has 6 nitrogen and oxygen atoms in total. The van der Waals surface area contributed by atoms with E-state index >= 15 is 0 Å². The first-order valence-electron chi connectivity index (χ1n) is 9.71. The maximum Gasteiger partial charge on any atom is 0.277 e. The van der Waals surface area contributed by atoms with Crippen molar-refractivity contribution in [3.8, 4) is 17.2 Å². The lowest BCUT2D eigenvalue weighted by atomic mass is 10.2. The number of nitrogens with zero attached hydrogens (tertiary/aromatic N) is 1. The lowest BCUT2D eigenvalue weighted by Gasteiger charge is -2.11. The monoisotopic (exact) mass is 472 g/mol. The van der Waals surface area contributed by atoms with Gasteiger partial charge >= 0.3 is 0 Å². The van der Waals surface area contributed by atoms with E-state index in [1.165, 1.54) is 17.8 Å². The number of hydrogen-bond donors (Lipinski definition) is 1. The molecule has 3 aromatic rings. The average Bonchev–Trinajstić information content (AvgIpc) is 2.79. The van der Waals surface area contributed by atoms with Crippen LogP contribution < -0.4 is 19.6 Å². The highest BCUT2D eigenvalue weighted by molar-refractivity contribution is 6.34. The number of aryl methyl sites for hydroxylation is 1. The zero-order chi connectivity index (χ0) is 22.9. The van der Waals surface area contributed by atoms with Crippen LogP contribution in [0.1, 0.15) is 16.7 Å². The SMILES string of the molecule is COc1cc(/C=N/NC(=O)COc2cc(Cl)ccc2Cl)ccc1OCc1ccc(C)cc1. The second-order valence-corrected chi connectivity index (χ2v) is 7.68. The zero-order valence-corrected chi connectivity index (χ0v) is 19.1. The lowest BCUT2D eigenvalue weighted by molar-refractivity contribution is -0.123. The molecule has 32 heavy (non-hydrogen) atoms. The Bertz CT molecular complexity index is 1100. The average molecular weight is 473 g/mol. The smallest absolute Gasteiger partial charge is 0.277 e. The highest BCUT2D eigenvalue weighted by atomic mass is 35.5. The van der Waals surface area contributed by atoms with Crippen LogP contribution in [0.2, 0.25) is 10.0 Å². The van der Waals surface area contributed by atoms with Gasteiger partial charge in [-0.3, -0.25) is 4.79 Å². The van der Waals surface area contributed by atoms with Gasteiger partial charge in [-0.2, -0.15) is 5.10 Å². The van der Waals surface area contributed by atoms with E-state index in [9.17, 15) is 4.79 Å². The fraction of sp³-hybridized carbons (Fsp3) is 0.167. The minimum atomic E-state index is -0.442. The van der Waals surface area contributed by atoms with Crippen LogP contribution in [-0.2, 0) is 11.4 Å². The third-order valence-electron chi connectivity index (χ3n) is 4.36. The Morgan fingerprint density at radius 1 is 0.969 bits per heavy atom. The fourth-order valence-electron chi connectivity index (χ4n) is 2.67. The third-order valence-corrected chi connectivity index (χ3v) is 4.90. The number of halogens is 2. The van der Waals surface area contributed by atoms with E-state index < -0.39 is 5.91 Å². The Labute approximate surface area is 196 Å². The van der Waals surface area contributed by atoms with Crippen LogP contribution in [0.4, 0.5) is 0 Å². The van der Waals surface area contributed by atoms with Crippen LogP contribution in [0.25, 0.3) is 0 Å². The Kier molecular flexibility index (Phi) is 8.36. The first-order valence-corrected chi connectivity index (χ1v) is 10.5. The van der Waals surface area contributed by atoms with Gasteiger partial charge in [-0.15, -0.1) is 0 Å². The molecule has 0 aromatic heterocycles. The molecule has 0 aliphatic carbocycles. The highest BCUT2D eigenvalue weighted by Crippen LogP contribution is 2.29. The molecule has 0 fully saturated rings. The van der Waals surface area contributed by atoms with Gasteiger partial charge in [0.1, 0.15) is 12.4 Å². The predicted molar refractivity (Wildman–Crippen MR) is 126 cm³/mol. The van der Waals surface area contributed by atoms with Gasteiger partial charge in [0.05, 0.1) is 18.3 Å². The Morgan fingerprint density at radius 2 is 1.75 bits per heavy atom. The summed E-state index contributed by atoms with van der Waals surface area (Å²) in [5.41, 5.74) is 5.38. The number of rotatable bonds is 9. The molecular weight excluding hydrogens is 451 g/mol. The maximum absolute atomic E-state index is 12.0. The second kappa shape index (κ2) is 11.4. The molecule has 0 saturated heterocycles. The summed E-state index contributed by atoms with van der Waals surface area (Å²) < 4.78 is 16.6. The molecule has 3 aromatic carbocycles. The summed E-state index contributed by atoms with van der Waals surface area (Å²) >= 11 is 11.9. The van der Waals surface area contributed by atoms with Crippen LogP contribution in [-0.4, -0.2) is 25.8 Å². The van der Waals surface area contributed by atoms with Crippen molar-refractivity contribution in [2.45, 2.75) is 13.5 Å². The first kappa shape index (κ1) is 23.4. The van der Waals surface area contributed by atoms with Crippen LogP contribution in [0.5, 0.6) is 17.2 Å². The van der Waals surface area contributed by atoms with Gasteiger partial charge in [-0.05, 0) is 48.4 Å². The molecule has 0 bridgehead atoms. The summed E-state index contributed by atoms with van der Waals surface area (Å²) in [6.07, 6.45) is 1.50. The van der Waals surface area contributed by atoms with Gasteiger partial charge in [0, 0.05) is 11.1 Å². The van der Waals surface area contributed by atoms with Gasteiger partial charge in [0.25, 0.3) is 5.91 Å². The Morgan fingerprint density at radius 3 is 2.50 bits per heavy atom. The number of carbonyl (C=O) groups is 1. The topological polar surface area (TPSA) is 69.2 Å². The van der Waals surface area contributed by atoms with E-state index in [0.29, 0.717) is 33.9 Å². The molecule has 0 heterocycles. The van der Waals surface area contributed by atoms with Gasteiger partial charge in [0.15, 0.2) is 18.1 Å². The van der Waals surface area contributed by atoms with Crippen molar-refractivity contribution in [1.29, 1.82) is 0 Å². The van der Waals surface area contributed by atoms with Crippen molar-refractivity contribution in [3.05, 3.63) is 87.4 Å². The van der Waals surface area contributed by atoms with Crippen molar-refractivity contribution in [3.63, 3.8) is 0 Å². The lowest BCUT2D eigenvalue weighted by Crippen LogP contribution is -2.24. The highest BCUT2D eigenvalue weighted by Gasteiger charge is 2.08. The number of amides is 1. The summed E-state index contributed by atoms with van der Waals surface area (Å²) in [6.45, 7) is 2.21. The van der Waals surface area contributed by atoms with Crippen molar-refractivity contribution in [1.82, 2.24) is 5.43 Å². The van der Waals surface area contributed by atoms with Crippen molar-refractivity contribution < 1.29 is 19.0 Å². The summed E-state index contributed by atoms with van der Waals surface area (Å²) in [7, 11) is 1.56. The van der Waals surface area contributed by atoms with Gasteiger partial charge in [-0.1, -0.05) is 53.0 Å². The molecule has 1 amide bonds. The minimum absolute atomic E-state index is 0.257. The van der Waals surface area contributed by atoms with Crippen LogP contribution in [0.3, 0.4) is 0 Å². The normalized spacial score (nSPS) is 10.8. The van der Waals surface area contributed by atoms with Crippen molar-refractivity contribution in [2.75, 3.05) is 13.7 Å². The maximum atomic E-state index is 12.0. The molecule has 1 N–H and O–H groups in total. The summed E-state index contributed by atoms with van der Waals surface area (Å²) in [4.78, 5) is 12.0. The van der Waals surface area contributed by atoms with Crippen LogP contribution >= 0.6 is 23.2 Å². The predicted octanol–water partition coefficient (Wildman–Crippen LogP) is 5.42. The van der Waals surface area contributed by atoms with E-state index in [4.69, 9.17) is 37.4 Å². The molecule has 166 valence electrons. The number of ether oxygens (including phenoxy) is 3. The van der Waals surface area contributed by atoms with E-state index in [-0.39, 0.29) is 6.61 Å². The molecule has 0 unspecified atom stereocenters. The summed E-state index contributed by atoms with van der Waals surface area (Å²) in [5, 5.41) is 4.77. The first-order chi connectivity index (χ1) is 15.4. The molecule has 0 atom stereocenters. The zero-order valence-electron chi connectivity index (χ0n) is 17.6. The molecule has 0 aliphatic rings. The van der Waals surface area contributed by atoms with E-state index in [1.807, 2.05) is 37.3 Å². The van der Waals surface area contributed by atoms with E-state index in [2.05, 4.69) is 10.5 Å².